The molecule has 40 heavy (non-hydrogen) atoms. The van der Waals surface area contributed by atoms with Crippen LogP contribution in [-0.4, -0.2) is 32.0 Å². The van der Waals surface area contributed by atoms with Gasteiger partial charge in [-0.1, -0.05) is 53.8 Å². The monoisotopic (exact) mass is 541 g/mol. The van der Waals surface area contributed by atoms with Crippen molar-refractivity contribution in [3.63, 3.8) is 0 Å². The van der Waals surface area contributed by atoms with Crippen LogP contribution in [0.4, 0.5) is 5.13 Å². The number of anilines is 1. The number of hydrogen-bond donors (Lipinski definition) is 2. The van der Waals surface area contributed by atoms with Gasteiger partial charge in [0.05, 0.1) is 39.4 Å². The Hall–Kier alpha value is -5.41. The van der Waals surface area contributed by atoms with E-state index in [4.69, 9.17) is 9.72 Å². The fourth-order valence-electron chi connectivity index (χ4n) is 4.67. The van der Waals surface area contributed by atoms with Gasteiger partial charge in [0.15, 0.2) is 10.9 Å². The summed E-state index contributed by atoms with van der Waals surface area (Å²) in [7, 11) is 0. The molecule has 0 spiro atoms. The number of benzene rings is 4. The number of ether oxygens (including phenoxy) is 1. The van der Waals surface area contributed by atoms with Crippen molar-refractivity contribution in [2.75, 3.05) is 5.32 Å². The van der Waals surface area contributed by atoms with E-state index in [-0.39, 0.29) is 5.91 Å². The zero-order valence-corrected chi connectivity index (χ0v) is 21.6. The highest BCUT2D eigenvalue weighted by Gasteiger charge is 2.16. The number of amides is 1. The topological polar surface area (TPSA) is 110 Å². The van der Waals surface area contributed by atoms with Crippen molar-refractivity contribution < 1.29 is 14.3 Å². The number of fused-ring (bicyclic) bond motifs is 3. The molecule has 0 unspecified atom stereocenters. The molecule has 0 aliphatic carbocycles. The number of H-pyrrole nitrogens is 1. The lowest BCUT2D eigenvalue weighted by molar-refractivity contribution is 0.0736. The van der Waals surface area contributed by atoms with Crippen molar-refractivity contribution in [1.82, 2.24) is 20.2 Å². The Balaban J connectivity index is 1.23. The first-order chi connectivity index (χ1) is 19.6. The van der Waals surface area contributed by atoms with Crippen LogP contribution in [0.25, 0.3) is 43.1 Å². The van der Waals surface area contributed by atoms with Crippen LogP contribution in [0, 0.1) is 0 Å². The van der Waals surface area contributed by atoms with Crippen molar-refractivity contribution in [2.24, 2.45) is 0 Å². The molecule has 0 fully saturated rings. The first kappa shape index (κ1) is 23.7. The lowest BCUT2D eigenvalue weighted by Gasteiger charge is -2.11. The van der Waals surface area contributed by atoms with Crippen LogP contribution in [0.2, 0.25) is 0 Å². The molecule has 1 amide bonds. The number of para-hydroxylation sites is 1. The first-order valence-electron chi connectivity index (χ1n) is 12.4. The highest BCUT2D eigenvalue weighted by molar-refractivity contribution is 7.22. The highest BCUT2D eigenvalue weighted by Crippen LogP contribution is 2.31. The standard InChI is InChI=1S/C31H19N5O3S/c37-29(36-31-35-27-8-1-2-10-28(27)40-31)19-12-11-18-5-3-6-21(24(18)15-19)26-14-13-22-23(7-4-9-25(22)34-26)30(38)39-20-16-32-33-17-20/h1-17H,(H,32,33)(H,35,36,37). The average molecular weight is 542 g/mol. The van der Waals surface area contributed by atoms with E-state index in [1.165, 1.54) is 23.7 Å². The molecule has 0 atom stereocenters. The van der Waals surface area contributed by atoms with Gasteiger partial charge < -0.3 is 4.74 Å². The number of aromatic nitrogens is 4. The van der Waals surface area contributed by atoms with Crippen molar-refractivity contribution in [3.05, 3.63) is 115 Å². The molecule has 4 aromatic carbocycles. The molecule has 0 bridgehead atoms. The smallest absolute Gasteiger partial charge is 0.344 e. The molecule has 0 aliphatic heterocycles. The number of esters is 1. The molecule has 0 radical (unpaired) electrons. The summed E-state index contributed by atoms with van der Waals surface area (Å²) in [5, 5.41) is 12.5. The molecule has 3 aromatic heterocycles. The second kappa shape index (κ2) is 9.72. The summed E-state index contributed by atoms with van der Waals surface area (Å²) in [4.78, 5) is 35.3. The number of hydrogen-bond acceptors (Lipinski definition) is 7. The Labute approximate surface area is 231 Å². The van der Waals surface area contributed by atoms with Gasteiger partial charge in [-0.25, -0.2) is 14.8 Å². The second-order valence-electron chi connectivity index (χ2n) is 9.07. The maximum atomic E-state index is 13.2. The Morgan fingerprint density at radius 1 is 0.825 bits per heavy atom. The van der Waals surface area contributed by atoms with E-state index in [0.717, 1.165) is 32.2 Å². The number of thiazole rings is 1. The number of pyridine rings is 1. The molecule has 0 saturated carbocycles. The van der Waals surface area contributed by atoms with E-state index in [1.807, 2.05) is 72.8 Å². The van der Waals surface area contributed by atoms with Gasteiger partial charge in [0.1, 0.15) is 0 Å². The third kappa shape index (κ3) is 4.34. The van der Waals surface area contributed by atoms with Crippen molar-refractivity contribution in [3.8, 4) is 17.0 Å². The second-order valence-corrected chi connectivity index (χ2v) is 10.1. The molecule has 8 nitrogen and oxygen atoms in total. The Bertz CT molecular complexity index is 2030. The third-order valence-corrected chi connectivity index (χ3v) is 7.52. The Morgan fingerprint density at radius 3 is 2.58 bits per heavy atom. The quantitative estimate of drug-likeness (QED) is 0.230. The summed E-state index contributed by atoms with van der Waals surface area (Å²) in [5.41, 5.74) is 4.03. The molecular formula is C31H19N5O3S. The Kier molecular flexibility index (Phi) is 5.76. The normalized spacial score (nSPS) is 11.2. The zero-order valence-electron chi connectivity index (χ0n) is 20.8. The van der Waals surface area contributed by atoms with Gasteiger partial charge in [-0.15, -0.1) is 0 Å². The van der Waals surface area contributed by atoms with Gasteiger partial charge in [-0.3, -0.25) is 15.2 Å². The number of carbonyl (C=O) groups excluding carboxylic acids is 2. The molecule has 2 N–H and O–H groups in total. The van der Waals surface area contributed by atoms with E-state index >= 15 is 0 Å². The fraction of sp³-hybridized carbons (Fsp3) is 0. The SMILES string of the molecule is O=C(Nc1nc2ccccc2s1)c1ccc2cccc(-c3ccc4c(C(=O)Oc5cn[nH]c5)cccc4n3)c2c1. The van der Waals surface area contributed by atoms with E-state index in [0.29, 0.717) is 32.9 Å². The molecule has 192 valence electrons. The average Bonchev–Trinajstić information content (AvgIpc) is 3.65. The summed E-state index contributed by atoms with van der Waals surface area (Å²) in [6, 6.07) is 28.4. The molecule has 3 heterocycles. The molecule has 7 rings (SSSR count). The van der Waals surface area contributed by atoms with Gasteiger partial charge in [0.2, 0.25) is 0 Å². The van der Waals surface area contributed by atoms with Gasteiger partial charge in [0.25, 0.3) is 5.91 Å². The Morgan fingerprint density at radius 2 is 1.70 bits per heavy atom. The van der Waals surface area contributed by atoms with Crippen LogP contribution in [0.15, 0.2) is 103 Å². The summed E-state index contributed by atoms with van der Waals surface area (Å²) in [5.74, 6) is -0.385. The van der Waals surface area contributed by atoms with E-state index in [1.54, 1.807) is 18.2 Å². The number of nitrogens with one attached hydrogen (secondary N) is 2. The number of nitrogens with zero attached hydrogens (tertiary/aromatic N) is 3. The predicted octanol–water partition coefficient (Wildman–Crippen LogP) is 6.86. The van der Waals surface area contributed by atoms with Gasteiger partial charge in [0, 0.05) is 16.5 Å². The van der Waals surface area contributed by atoms with E-state index < -0.39 is 5.97 Å². The first-order valence-corrected chi connectivity index (χ1v) is 13.2. The van der Waals surface area contributed by atoms with Crippen LogP contribution >= 0.6 is 11.3 Å². The van der Waals surface area contributed by atoms with Crippen molar-refractivity contribution in [2.45, 2.75) is 0 Å². The largest absolute Gasteiger partial charge is 0.420 e. The van der Waals surface area contributed by atoms with Crippen LogP contribution in [0.1, 0.15) is 20.7 Å². The van der Waals surface area contributed by atoms with Crippen LogP contribution < -0.4 is 10.1 Å². The lowest BCUT2D eigenvalue weighted by Crippen LogP contribution is -2.11. The predicted molar refractivity (Wildman–Crippen MR) is 156 cm³/mol. The molecule has 0 aliphatic rings. The summed E-state index contributed by atoms with van der Waals surface area (Å²) < 4.78 is 6.43. The molecule has 9 heteroatoms. The van der Waals surface area contributed by atoms with Gasteiger partial charge in [-0.2, -0.15) is 5.10 Å². The van der Waals surface area contributed by atoms with Crippen LogP contribution in [0.3, 0.4) is 0 Å². The number of aromatic amines is 1. The number of carbonyl (C=O) groups is 2. The third-order valence-electron chi connectivity index (χ3n) is 6.57. The summed E-state index contributed by atoms with van der Waals surface area (Å²) in [6.45, 7) is 0. The fourth-order valence-corrected chi connectivity index (χ4v) is 5.53. The van der Waals surface area contributed by atoms with E-state index in [2.05, 4.69) is 20.5 Å². The summed E-state index contributed by atoms with van der Waals surface area (Å²) in [6.07, 6.45) is 2.95. The highest BCUT2D eigenvalue weighted by atomic mass is 32.1. The van der Waals surface area contributed by atoms with Gasteiger partial charge in [-0.05, 0) is 59.3 Å². The van der Waals surface area contributed by atoms with Crippen LogP contribution in [-0.2, 0) is 0 Å². The summed E-state index contributed by atoms with van der Waals surface area (Å²) >= 11 is 1.44. The van der Waals surface area contributed by atoms with Crippen molar-refractivity contribution in [1.29, 1.82) is 0 Å². The minimum absolute atomic E-state index is 0.233. The maximum Gasteiger partial charge on any atom is 0.344 e. The molecule has 0 saturated heterocycles. The number of rotatable bonds is 5. The van der Waals surface area contributed by atoms with Gasteiger partial charge >= 0.3 is 5.97 Å². The van der Waals surface area contributed by atoms with Crippen LogP contribution in [0.5, 0.6) is 5.75 Å². The maximum absolute atomic E-state index is 13.2. The minimum atomic E-state index is -0.490. The lowest BCUT2D eigenvalue weighted by atomic mass is 9.98. The van der Waals surface area contributed by atoms with E-state index in [9.17, 15) is 9.59 Å². The molecule has 7 aromatic rings. The molecular weight excluding hydrogens is 522 g/mol. The zero-order chi connectivity index (χ0) is 27.1. The minimum Gasteiger partial charge on any atom is -0.420 e. The van der Waals surface area contributed by atoms with Crippen molar-refractivity contribution >= 4 is 60.2 Å².